The molecule has 116 valence electrons. The first-order valence-corrected chi connectivity index (χ1v) is 8.67. The fourth-order valence-corrected chi connectivity index (χ4v) is 2.86. The van der Waals surface area contributed by atoms with E-state index in [0.717, 1.165) is 12.2 Å². The van der Waals surface area contributed by atoms with Crippen molar-refractivity contribution in [2.24, 2.45) is 11.3 Å². The zero-order valence-electron chi connectivity index (χ0n) is 13.5. The lowest BCUT2D eigenvalue weighted by atomic mass is 9.83. The molecule has 4 nitrogen and oxygen atoms in total. The van der Waals surface area contributed by atoms with Crippen molar-refractivity contribution in [1.82, 2.24) is 10.2 Å². The van der Waals surface area contributed by atoms with Gasteiger partial charge in [-0.3, -0.25) is 9.59 Å². The Balaban J connectivity index is 2.98. The fraction of sp³-hybridized carbons (Fsp3) is 0.867. The van der Waals surface area contributed by atoms with Gasteiger partial charge in [0.2, 0.25) is 11.8 Å². The van der Waals surface area contributed by atoms with Gasteiger partial charge < -0.3 is 10.2 Å². The van der Waals surface area contributed by atoms with Crippen LogP contribution in [0.5, 0.6) is 0 Å². The molecule has 2 atom stereocenters. The van der Waals surface area contributed by atoms with Crippen LogP contribution in [0.25, 0.3) is 0 Å². The van der Waals surface area contributed by atoms with Crippen molar-refractivity contribution < 1.29 is 9.59 Å². The van der Waals surface area contributed by atoms with Gasteiger partial charge in [-0.1, -0.05) is 34.6 Å². The van der Waals surface area contributed by atoms with Crippen LogP contribution in [0.2, 0.25) is 0 Å². The Labute approximate surface area is 127 Å². The number of carbonyl (C=O) groups excluding carboxylic acids is 2. The Kier molecular flexibility index (Phi) is 5.92. The second-order valence-electron chi connectivity index (χ2n) is 6.98. The number of thioether (sulfide) groups is 1. The summed E-state index contributed by atoms with van der Waals surface area (Å²) in [5.74, 6) is 1.32. The largest absolute Gasteiger partial charge is 0.342 e. The molecule has 2 amide bonds. The van der Waals surface area contributed by atoms with E-state index in [-0.39, 0.29) is 23.3 Å². The molecule has 1 fully saturated rings. The molecule has 1 N–H and O–H groups in total. The third kappa shape index (κ3) is 4.14. The minimum atomic E-state index is -0.416. The molecule has 0 aliphatic carbocycles. The first kappa shape index (κ1) is 17.3. The Hall–Kier alpha value is -0.710. The van der Waals surface area contributed by atoms with Crippen LogP contribution in [0.1, 0.15) is 41.0 Å². The summed E-state index contributed by atoms with van der Waals surface area (Å²) in [4.78, 5) is 26.9. The molecule has 0 bridgehead atoms. The second kappa shape index (κ2) is 6.83. The Morgan fingerprint density at radius 1 is 1.30 bits per heavy atom. The number of carbonyl (C=O) groups is 2. The van der Waals surface area contributed by atoms with Crippen molar-refractivity contribution in [2.75, 3.05) is 18.6 Å². The summed E-state index contributed by atoms with van der Waals surface area (Å²) >= 11 is 1.70. The highest BCUT2D eigenvalue weighted by atomic mass is 32.2. The molecule has 1 heterocycles. The maximum Gasteiger partial charge on any atom is 0.246 e. The van der Waals surface area contributed by atoms with Crippen molar-refractivity contribution >= 4 is 23.6 Å². The molecular weight excluding hydrogens is 272 g/mol. The molecule has 0 spiro atoms. The first-order chi connectivity index (χ1) is 9.18. The van der Waals surface area contributed by atoms with Crippen molar-refractivity contribution in [1.29, 1.82) is 0 Å². The van der Waals surface area contributed by atoms with Gasteiger partial charge in [0.25, 0.3) is 0 Å². The summed E-state index contributed by atoms with van der Waals surface area (Å²) in [5, 5.41) is 2.93. The monoisotopic (exact) mass is 300 g/mol. The molecule has 2 unspecified atom stereocenters. The molecule has 1 aliphatic rings. The fourth-order valence-electron chi connectivity index (χ4n) is 2.48. The van der Waals surface area contributed by atoms with Gasteiger partial charge in [0.05, 0.1) is 0 Å². The van der Waals surface area contributed by atoms with E-state index in [2.05, 4.69) is 19.2 Å². The first-order valence-electron chi connectivity index (χ1n) is 7.28. The van der Waals surface area contributed by atoms with Gasteiger partial charge in [0, 0.05) is 12.3 Å². The van der Waals surface area contributed by atoms with Crippen molar-refractivity contribution in [3.63, 3.8) is 0 Å². The third-order valence-corrected chi connectivity index (χ3v) is 4.18. The number of piperazine rings is 1. The minimum absolute atomic E-state index is 0.000622. The molecular formula is C15H28N2O2S. The summed E-state index contributed by atoms with van der Waals surface area (Å²) in [6.45, 7) is 10.8. The molecule has 5 heteroatoms. The van der Waals surface area contributed by atoms with Crippen LogP contribution in [0, 0.1) is 11.3 Å². The zero-order valence-corrected chi connectivity index (χ0v) is 14.3. The van der Waals surface area contributed by atoms with Gasteiger partial charge in [0.15, 0.2) is 0 Å². The molecule has 0 aromatic rings. The van der Waals surface area contributed by atoms with E-state index >= 15 is 0 Å². The van der Waals surface area contributed by atoms with Gasteiger partial charge >= 0.3 is 0 Å². The van der Waals surface area contributed by atoms with E-state index in [4.69, 9.17) is 0 Å². The van der Waals surface area contributed by atoms with Crippen molar-refractivity contribution in [3.05, 3.63) is 0 Å². The van der Waals surface area contributed by atoms with Crippen LogP contribution in [-0.2, 0) is 9.59 Å². The van der Waals surface area contributed by atoms with Crippen LogP contribution in [0.15, 0.2) is 0 Å². The van der Waals surface area contributed by atoms with Gasteiger partial charge in [-0.25, -0.2) is 0 Å². The SMILES string of the molecule is CSCCN1C(=O)C(C(C)(C)C)NC(=O)C1CC(C)C. The Morgan fingerprint density at radius 3 is 2.35 bits per heavy atom. The number of amides is 2. The highest BCUT2D eigenvalue weighted by Gasteiger charge is 2.44. The van der Waals surface area contributed by atoms with Crippen molar-refractivity contribution in [2.45, 2.75) is 53.1 Å². The number of hydrogen-bond acceptors (Lipinski definition) is 3. The Bertz CT molecular complexity index is 363. The van der Waals surface area contributed by atoms with Crippen LogP contribution >= 0.6 is 11.8 Å². The van der Waals surface area contributed by atoms with E-state index in [1.807, 2.05) is 27.0 Å². The number of rotatable bonds is 5. The second-order valence-corrected chi connectivity index (χ2v) is 7.96. The molecule has 1 saturated heterocycles. The Morgan fingerprint density at radius 2 is 1.90 bits per heavy atom. The third-order valence-electron chi connectivity index (χ3n) is 3.59. The summed E-state index contributed by atoms with van der Waals surface area (Å²) in [6.07, 6.45) is 2.75. The topological polar surface area (TPSA) is 49.4 Å². The van der Waals surface area contributed by atoms with Crippen LogP contribution in [0.3, 0.4) is 0 Å². The molecule has 1 rings (SSSR count). The summed E-state index contributed by atoms with van der Waals surface area (Å²) in [5.41, 5.74) is -0.257. The van der Waals surface area contributed by atoms with Crippen LogP contribution in [-0.4, -0.2) is 47.4 Å². The predicted octanol–water partition coefficient (Wildman–Crippen LogP) is 2.14. The highest BCUT2D eigenvalue weighted by molar-refractivity contribution is 7.98. The quantitative estimate of drug-likeness (QED) is 0.846. The molecule has 0 radical (unpaired) electrons. The van der Waals surface area contributed by atoms with E-state index in [1.54, 1.807) is 16.7 Å². The smallest absolute Gasteiger partial charge is 0.246 e. The van der Waals surface area contributed by atoms with Gasteiger partial charge in [-0.05, 0) is 24.0 Å². The number of hydrogen-bond donors (Lipinski definition) is 1. The average molecular weight is 300 g/mol. The minimum Gasteiger partial charge on any atom is -0.342 e. The van der Waals surface area contributed by atoms with Crippen LogP contribution in [0.4, 0.5) is 0 Å². The standard InChI is InChI=1S/C15H28N2O2S/c1-10(2)9-11-13(18)16-12(15(3,4)5)14(19)17(11)7-8-20-6/h10-12H,7-9H2,1-6H3,(H,16,18). The van der Waals surface area contributed by atoms with Gasteiger partial charge in [-0.2, -0.15) is 11.8 Å². The molecule has 0 aromatic heterocycles. The maximum atomic E-state index is 12.7. The average Bonchev–Trinajstić information content (AvgIpc) is 2.31. The molecule has 20 heavy (non-hydrogen) atoms. The number of nitrogens with one attached hydrogen (secondary N) is 1. The van der Waals surface area contributed by atoms with Crippen molar-refractivity contribution in [3.8, 4) is 0 Å². The molecule has 0 saturated carbocycles. The maximum absolute atomic E-state index is 12.7. The summed E-state index contributed by atoms with van der Waals surface area (Å²) in [6, 6.07) is -0.728. The lowest BCUT2D eigenvalue weighted by molar-refractivity contribution is -0.152. The van der Waals surface area contributed by atoms with E-state index < -0.39 is 6.04 Å². The van der Waals surface area contributed by atoms with Gasteiger partial charge in [0.1, 0.15) is 12.1 Å². The normalized spacial score (nSPS) is 24.2. The molecule has 0 aromatic carbocycles. The predicted molar refractivity (Wildman–Crippen MR) is 84.7 cm³/mol. The number of nitrogens with zero attached hydrogens (tertiary/aromatic N) is 1. The summed E-state index contributed by atoms with van der Waals surface area (Å²) < 4.78 is 0. The zero-order chi connectivity index (χ0) is 15.5. The van der Waals surface area contributed by atoms with E-state index in [9.17, 15) is 9.59 Å². The van der Waals surface area contributed by atoms with Gasteiger partial charge in [-0.15, -0.1) is 0 Å². The summed E-state index contributed by atoms with van der Waals surface area (Å²) in [7, 11) is 0. The van der Waals surface area contributed by atoms with Crippen LogP contribution < -0.4 is 5.32 Å². The lowest BCUT2D eigenvalue weighted by Crippen LogP contribution is -2.67. The molecule has 1 aliphatic heterocycles. The lowest BCUT2D eigenvalue weighted by Gasteiger charge is -2.43. The van der Waals surface area contributed by atoms with E-state index in [0.29, 0.717) is 12.5 Å². The highest BCUT2D eigenvalue weighted by Crippen LogP contribution is 2.27. The van der Waals surface area contributed by atoms with E-state index in [1.165, 1.54) is 0 Å².